The lowest BCUT2D eigenvalue weighted by Gasteiger charge is -2.38. The Morgan fingerprint density at radius 2 is 1.79 bits per heavy atom. The number of nitrogens with zero attached hydrogens (tertiary/aromatic N) is 5. The third kappa shape index (κ3) is 3.52. The van der Waals surface area contributed by atoms with E-state index in [2.05, 4.69) is 63.3 Å². The van der Waals surface area contributed by atoms with Crippen LogP contribution in [0.3, 0.4) is 0 Å². The predicted octanol–water partition coefficient (Wildman–Crippen LogP) is 3.02. The maximum atomic E-state index is 12.0. The van der Waals surface area contributed by atoms with E-state index in [-0.39, 0.29) is 11.8 Å². The number of hydrogen-bond donors (Lipinski definition) is 1. The molecule has 150 valence electrons. The minimum atomic E-state index is 0.0320. The van der Waals surface area contributed by atoms with Gasteiger partial charge in [0.25, 0.3) is 0 Å². The molecule has 0 unspecified atom stereocenters. The molecule has 2 aromatic heterocycles. The first-order chi connectivity index (χ1) is 14.1. The minimum absolute atomic E-state index is 0.0320. The second-order valence-corrected chi connectivity index (χ2v) is 8.12. The number of carbonyl (C=O) groups is 1. The van der Waals surface area contributed by atoms with Crippen LogP contribution in [0.15, 0.2) is 36.4 Å². The van der Waals surface area contributed by atoms with Crippen molar-refractivity contribution >= 4 is 29.0 Å². The second kappa shape index (κ2) is 7.06. The molecule has 3 heterocycles. The van der Waals surface area contributed by atoms with Crippen LogP contribution in [0, 0.1) is 19.8 Å². The molecule has 1 aliphatic heterocycles. The van der Waals surface area contributed by atoms with Crippen LogP contribution in [0.1, 0.15) is 24.0 Å². The highest BCUT2D eigenvalue weighted by atomic mass is 16.2. The van der Waals surface area contributed by atoms with Gasteiger partial charge in [-0.05, 0) is 56.0 Å². The van der Waals surface area contributed by atoms with Crippen LogP contribution in [0.5, 0.6) is 0 Å². The maximum absolute atomic E-state index is 12.0. The third-order valence-corrected chi connectivity index (χ3v) is 5.83. The number of benzene rings is 1. The number of piperazine rings is 1. The molecule has 1 N–H and O–H groups in total. The number of carbonyl (C=O) groups excluding carboxylic acids is 1. The van der Waals surface area contributed by atoms with Gasteiger partial charge in [0.15, 0.2) is 5.65 Å². The summed E-state index contributed by atoms with van der Waals surface area (Å²) in [5, 5.41) is 7.41. The van der Waals surface area contributed by atoms with Crippen molar-refractivity contribution in [1.29, 1.82) is 0 Å². The number of anilines is 3. The van der Waals surface area contributed by atoms with Gasteiger partial charge in [-0.1, -0.05) is 18.2 Å². The monoisotopic (exact) mass is 390 g/mol. The molecule has 3 aromatic rings. The maximum Gasteiger partial charge on any atom is 0.249 e. The Labute approximate surface area is 170 Å². The topological polar surface area (TPSA) is 65.8 Å². The van der Waals surface area contributed by atoms with Gasteiger partial charge >= 0.3 is 0 Å². The van der Waals surface area contributed by atoms with E-state index in [1.807, 2.05) is 16.6 Å². The number of aromatic nitrogens is 3. The zero-order valence-corrected chi connectivity index (χ0v) is 16.9. The van der Waals surface area contributed by atoms with E-state index in [0.717, 1.165) is 50.5 Å². The molecule has 2 fully saturated rings. The number of rotatable bonds is 4. The number of nitrogens with one attached hydrogen (secondary N) is 1. The fourth-order valence-corrected chi connectivity index (χ4v) is 3.98. The molecule has 1 amide bonds. The molecule has 7 heteroatoms. The van der Waals surface area contributed by atoms with Crippen molar-refractivity contribution in [3.63, 3.8) is 0 Å². The van der Waals surface area contributed by atoms with Crippen LogP contribution in [0.25, 0.3) is 5.65 Å². The Bertz CT molecular complexity index is 1060. The number of hydrogen-bond acceptors (Lipinski definition) is 5. The summed E-state index contributed by atoms with van der Waals surface area (Å²) in [6.45, 7) is 8.06. The summed E-state index contributed by atoms with van der Waals surface area (Å²) in [5.41, 5.74) is 4.69. The van der Waals surface area contributed by atoms with Crippen LogP contribution in [0.2, 0.25) is 0 Å². The molecule has 0 spiro atoms. The van der Waals surface area contributed by atoms with Gasteiger partial charge in [-0.25, -0.2) is 0 Å². The average molecular weight is 390 g/mol. The normalized spacial score (nSPS) is 17.0. The van der Waals surface area contributed by atoms with Gasteiger partial charge in [0.1, 0.15) is 5.82 Å². The highest BCUT2D eigenvalue weighted by Gasteiger charge is 2.30. The zero-order chi connectivity index (χ0) is 20.0. The fraction of sp³-hybridized carbons (Fsp3) is 0.409. The smallest absolute Gasteiger partial charge is 0.249 e. The fourth-order valence-electron chi connectivity index (χ4n) is 3.98. The molecule has 2 aliphatic rings. The lowest BCUT2D eigenvalue weighted by atomic mass is 10.1. The third-order valence-electron chi connectivity index (χ3n) is 5.83. The first kappa shape index (κ1) is 18.0. The molecule has 1 aromatic carbocycles. The molecule has 0 atom stereocenters. The quantitative estimate of drug-likeness (QED) is 0.742. The molecule has 7 nitrogen and oxygen atoms in total. The van der Waals surface area contributed by atoms with Gasteiger partial charge in [0.05, 0.1) is 0 Å². The summed E-state index contributed by atoms with van der Waals surface area (Å²) < 4.78 is 1.84. The summed E-state index contributed by atoms with van der Waals surface area (Å²) >= 11 is 0. The lowest BCUT2D eigenvalue weighted by Crippen LogP contribution is -2.47. The van der Waals surface area contributed by atoms with Crippen molar-refractivity contribution in [1.82, 2.24) is 14.6 Å². The van der Waals surface area contributed by atoms with Crippen molar-refractivity contribution < 1.29 is 4.79 Å². The number of pyridine rings is 1. The predicted molar refractivity (Wildman–Crippen MR) is 115 cm³/mol. The van der Waals surface area contributed by atoms with Gasteiger partial charge < -0.3 is 9.80 Å². The SMILES string of the molecule is Cc1ccc(C)c(N2CCN(c3cccc4nc(NC(=O)C5CC5)nn34)CC2)c1. The minimum Gasteiger partial charge on any atom is -0.368 e. The van der Waals surface area contributed by atoms with Crippen LogP contribution < -0.4 is 15.1 Å². The van der Waals surface area contributed by atoms with Gasteiger partial charge in [0.2, 0.25) is 11.9 Å². The highest BCUT2D eigenvalue weighted by Crippen LogP contribution is 2.30. The Balaban J connectivity index is 1.34. The van der Waals surface area contributed by atoms with Crippen molar-refractivity contribution in [3.05, 3.63) is 47.5 Å². The summed E-state index contributed by atoms with van der Waals surface area (Å²) in [5.74, 6) is 1.58. The molecule has 29 heavy (non-hydrogen) atoms. The van der Waals surface area contributed by atoms with Crippen LogP contribution in [0.4, 0.5) is 17.5 Å². The summed E-state index contributed by atoms with van der Waals surface area (Å²) in [7, 11) is 0. The van der Waals surface area contributed by atoms with Gasteiger partial charge in [-0.3, -0.25) is 10.1 Å². The van der Waals surface area contributed by atoms with Crippen LogP contribution in [-0.4, -0.2) is 46.7 Å². The van der Waals surface area contributed by atoms with Crippen molar-refractivity contribution in [2.45, 2.75) is 26.7 Å². The van der Waals surface area contributed by atoms with Crippen LogP contribution >= 0.6 is 0 Å². The number of amides is 1. The van der Waals surface area contributed by atoms with E-state index in [1.54, 1.807) is 0 Å². The van der Waals surface area contributed by atoms with Crippen LogP contribution in [-0.2, 0) is 4.79 Å². The van der Waals surface area contributed by atoms with E-state index in [9.17, 15) is 4.79 Å². The van der Waals surface area contributed by atoms with Crippen molar-refractivity contribution in [3.8, 4) is 0 Å². The summed E-state index contributed by atoms with van der Waals surface area (Å²) in [6, 6.07) is 12.6. The largest absolute Gasteiger partial charge is 0.368 e. The zero-order valence-electron chi connectivity index (χ0n) is 16.9. The molecular formula is C22H26N6O. The highest BCUT2D eigenvalue weighted by molar-refractivity contribution is 5.92. The Morgan fingerprint density at radius 1 is 1.03 bits per heavy atom. The van der Waals surface area contributed by atoms with E-state index >= 15 is 0 Å². The molecule has 1 aliphatic carbocycles. The summed E-state index contributed by atoms with van der Waals surface area (Å²) in [4.78, 5) is 21.3. The molecular weight excluding hydrogens is 364 g/mol. The Hall–Kier alpha value is -3.09. The second-order valence-electron chi connectivity index (χ2n) is 8.12. The molecule has 0 radical (unpaired) electrons. The molecule has 5 rings (SSSR count). The Morgan fingerprint density at radius 3 is 2.55 bits per heavy atom. The van der Waals surface area contributed by atoms with E-state index in [4.69, 9.17) is 0 Å². The molecule has 1 saturated carbocycles. The van der Waals surface area contributed by atoms with E-state index < -0.39 is 0 Å². The van der Waals surface area contributed by atoms with Gasteiger partial charge in [-0.2, -0.15) is 9.50 Å². The number of aryl methyl sites for hydroxylation is 2. The van der Waals surface area contributed by atoms with E-state index in [0.29, 0.717) is 5.95 Å². The first-order valence-electron chi connectivity index (χ1n) is 10.3. The first-order valence-corrected chi connectivity index (χ1v) is 10.3. The standard InChI is InChI=1S/C22H26N6O/c1-15-6-7-16(2)18(14-15)26-10-12-27(13-11-26)20-5-3-4-19-23-22(25-28(19)20)24-21(29)17-8-9-17/h3-7,14,17H,8-13H2,1-2H3,(H,24,25,29). The molecule has 1 saturated heterocycles. The van der Waals surface area contributed by atoms with Gasteiger partial charge in [-0.15, -0.1) is 5.10 Å². The van der Waals surface area contributed by atoms with Crippen molar-refractivity contribution in [2.75, 3.05) is 41.3 Å². The average Bonchev–Trinajstić information content (AvgIpc) is 3.50. The lowest BCUT2D eigenvalue weighted by molar-refractivity contribution is -0.117. The molecule has 0 bridgehead atoms. The Kier molecular flexibility index (Phi) is 4.38. The van der Waals surface area contributed by atoms with E-state index in [1.165, 1.54) is 16.8 Å². The van der Waals surface area contributed by atoms with Crippen molar-refractivity contribution in [2.24, 2.45) is 5.92 Å². The number of fused-ring (bicyclic) bond motifs is 1. The summed E-state index contributed by atoms with van der Waals surface area (Å²) in [6.07, 6.45) is 1.93. The van der Waals surface area contributed by atoms with Gasteiger partial charge in [0, 0.05) is 37.8 Å².